The van der Waals surface area contributed by atoms with E-state index in [0.29, 0.717) is 0 Å². The number of nitrogens with one attached hydrogen (secondary N) is 1. The van der Waals surface area contributed by atoms with Gasteiger partial charge in [-0.2, -0.15) is 0 Å². The molecule has 0 unspecified atom stereocenters. The van der Waals surface area contributed by atoms with Crippen LogP contribution in [0.5, 0.6) is 5.75 Å². The minimum absolute atomic E-state index is 0.174. The number of nitro groups is 1. The molecule has 1 aromatic carbocycles. The molecule has 1 heterocycles. The SMILES string of the molecule is [N-]=[N+]=Nc1cc2c(cc1[N+](=O)[O-])OCC(=O)N2. The van der Waals surface area contributed by atoms with E-state index in [0.717, 1.165) is 6.07 Å². The zero-order valence-electron chi connectivity index (χ0n) is 8.28. The van der Waals surface area contributed by atoms with Gasteiger partial charge in [0, 0.05) is 4.91 Å². The van der Waals surface area contributed by atoms with Crippen LogP contribution in [0.25, 0.3) is 10.4 Å². The molecule has 0 fully saturated rings. The Balaban J connectivity index is 2.59. The lowest BCUT2D eigenvalue weighted by molar-refractivity contribution is -0.384. The highest BCUT2D eigenvalue weighted by molar-refractivity contribution is 5.96. The minimum Gasteiger partial charge on any atom is -0.481 e. The maximum Gasteiger partial charge on any atom is 0.282 e. The standard InChI is InChI=1S/C8H5N5O4/c9-12-11-4-1-5-7(2-6(4)13(15)16)17-3-8(14)10-5/h1-2H,3H2,(H,10,14). The second kappa shape index (κ2) is 3.99. The van der Waals surface area contributed by atoms with Crippen LogP contribution < -0.4 is 10.1 Å². The smallest absolute Gasteiger partial charge is 0.282 e. The van der Waals surface area contributed by atoms with Gasteiger partial charge >= 0.3 is 0 Å². The molecule has 2 rings (SSSR count). The van der Waals surface area contributed by atoms with Crippen molar-refractivity contribution >= 4 is 23.0 Å². The van der Waals surface area contributed by atoms with E-state index in [-0.39, 0.29) is 35.3 Å². The molecule has 0 aliphatic carbocycles. The molecule has 9 heteroatoms. The molecular weight excluding hydrogens is 230 g/mol. The predicted octanol–water partition coefficient (Wildman–Crippen LogP) is 1.87. The van der Waals surface area contributed by atoms with Gasteiger partial charge in [0.05, 0.1) is 16.7 Å². The first kappa shape index (κ1) is 10.7. The first-order valence-electron chi connectivity index (χ1n) is 4.42. The van der Waals surface area contributed by atoms with Gasteiger partial charge in [0.1, 0.15) is 11.4 Å². The Kier molecular flexibility index (Phi) is 2.51. The fraction of sp³-hybridized carbons (Fsp3) is 0.125. The number of hydrogen-bond acceptors (Lipinski definition) is 5. The average Bonchev–Trinajstić information content (AvgIpc) is 2.28. The topological polar surface area (TPSA) is 130 Å². The molecule has 86 valence electrons. The molecule has 0 saturated carbocycles. The molecule has 1 aromatic rings. The Bertz CT molecular complexity index is 563. The first-order chi connectivity index (χ1) is 8.11. The minimum atomic E-state index is -0.690. The highest BCUT2D eigenvalue weighted by Crippen LogP contribution is 2.39. The van der Waals surface area contributed by atoms with E-state index >= 15 is 0 Å². The zero-order chi connectivity index (χ0) is 12.4. The van der Waals surface area contributed by atoms with Gasteiger partial charge in [0.15, 0.2) is 6.61 Å². The molecular formula is C8H5N5O4. The lowest BCUT2D eigenvalue weighted by Crippen LogP contribution is -2.25. The van der Waals surface area contributed by atoms with E-state index in [1.807, 2.05) is 0 Å². The van der Waals surface area contributed by atoms with Gasteiger partial charge in [0.25, 0.3) is 11.6 Å². The van der Waals surface area contributed by atoms with Crippen LogP contribution in [0, 0.1) is 10.1 Å². The van der Waals surface area contributed by atoms with Crippen LogP contribution in [-0.2, 0) is 4.79 Å². The summed E-state index contributed by atoms with van der Waals surface area (Å²) in [4.78, 5) is 23.6. The Labute approximate surface area is 93.8 Å². The number of benzene rings is 1. The summed E-state index contributed by atoms with van der Waals surface area (Å²) >= 11 is 0. The molecule has 1 N–H and O–H groups in total. The van der Waals surface area contributed by atoms with Crippen molar-refractivity contribution in [2.24, 2.45) is 5.11 Å². The van der Waals surface area contributed by atoms with Gasteiger partial charge in [-0.25, -0.2) is 0 Å². The summed E-state index contributed by atoms with van der Waals surface area (Å²) in [6, 6.07) is 2.31. The summed E-state index contributed by atoms with van der Waals surface area (Å²) in [6.07, 6.45) is 0. The van der Waals surface area contributed by atoms with E-state index in [9.17, 15) is 14.9 Å². The van der Waals surface area contributed by atoms with Crippen molar-refractivity contribution in [3.8, 4) is 5.75 Å². The Morgan fingerprint density at radius 2 is 2.35 bits per heavy atom. The van der Waals surface area contributed by atoms with E-state index in [4.69, 9.17) is 10.3 Å². The number of hydrogen-bond donors (Lipinski definition) is 1. The number of fused-ring (bicyclic) bond motifs is 1. The molecule has 0 bridgehead atoms. The third-order valence-corrected chi connectivity index (χ3v) is 2.06. The monoisotopic (exact) mass is 235 g/mol. The van der Waals surface area contributed by atoms with Crippen LogP contribution in [-0.4, -0.2) is 17.4 Å². The van der Waals surface area contributed by atoms with Crippen LogP contribution in [0.15, 0.2) is 17.2 Å². The average molecular weight is 235 g/mol. The lowest BCUT2D eigenvalue weighted by Gasteiger charge is -2.17. The second-order valence-electron chi connectivity index (χ2n) is 3.12. The summed E-state index contributed by atoms with van der Waals surface area (Å²) in [6.45, 7) is -0.203. The summed E-state index contributed by atoms with van der Waals surface area (Å²) in [5.74, 6) is -0.202. The van der Waals surface area contributed by atoms with Crippen molar-refractivity contribution in [1.82, 2.24) is 0 Å². The van der Waals surface area contributed by atoms with Gasteiger partial charge in [-0.3, -0.25) is 14.9 Å². The van der Waals surface area contributed by atoms with Crippen molar-refractivity contribution in [3.05, 3.63) is 32.7 Å². The van der Waals surface area contributed by atoms with Crippen molar-refractivity contribution in [1.29, 1.82) is 0 Å². The van der Waals surface area contributed by atoms with Crippen LogP contribution in [0.2, 0.25) is 0 Å². The van der Waals surface area contributed by atoms with Crippen LogP contribution in [0.3, 0.4) is 0 Å². The maximum atomic E-state index is 11.0. The van der Waals surface area contributed by atoms with Crippen molar-refractivity contribution in [2.75, 3.05) is 11.9 Å². The molecule has 1 amide bonds. The molecule has 0 aromatic heterocycles. The third-order valence-electron chi connectivity index (χ3n) is 2.06. The van der Waals surface area contributed by atoms with Crippen LogP contribution in [0.4, 0.5) is 17.1 Å². The Morgan fingerprint density at radius 3 is 3.00 bits per heavy atom. The number of azide groups is 1. The number of rotatable bonds is 2. The number of amides is 1. The van der Waals surface area contributed by atoms with E-state index < -0.39 is 4.92 Å². The highest BCUT2D eigenvalue weighted by Gasteiger charge is 2.22. The largest absolute Gasteiger partial charge is 0.481 e. The van der Waals surface area contributed by atoms with E-state index in [1.54, 1.807) is 0 Å². The van der Waals surface area contributed by atoms with Gasteiger partial charge in [-0.1, -0.05) is 5.11 Å². The third kappa shape index (κ3) is 1.94. The van der Waals surface area contributed by atoms with Crippen molar-refractivity contribution in [2.45, 2.75) is 0 Å². The summed E-state index contributed by atoms with van der Waals surface area (Å²) in [7, 11) is 0. The maximum absolute atomic E-state index is 11.0. The van der Waals surface area contributed by atoms with Crippen LogP contribution >= 0.6 is 0 Å². The fourth-order valence-electron chi connectivity index (χ4n) is 1.38. The highest BCUT2D eigenvalue weighted by atomic mass is 16.6. The molecule has 0 spiro atoms. The van der Waals surface area contributed by atoms with Crippen molar-refractivity contribution in [3.63, 3.8) is 0 Å². The molecule has 1 aliphatic heterocycles. The lowest BCUT2D eigenvalue weighted by atomic mass is 10.2. The normalized spacial score (nSPS) is 12.8. The number of nitro benzene ring substituents is 1. The number of carbonyl (C=O) groups excluding carboxylic acids is 1. The summed E-state index contributed by atoms with van der Waals surface area (Å²) in [5.41, 5.74) is 7.99. The Morgan fingerprint density at radius 1 is 1.59 bits per heavy atom. The molecule has 0 saturated heterocycles. The zero-order valence-corrected chi connectivity index (χ0v) is 8.28. The number of carbonyl (C=O) groups is 1. The second-order valence-corrected chi connectivity index (χ2v) is 3.12. The summed E-state index contributed by atoms with van der Waals surface area (Å²) in [5, 5.41) is 16.4. The number of nitrogens with zero attached hydrogens (tertiary/aromatic N) is 4. The van der Waals surface area contributed by atoms with Crippen molar-refractivity contribution < 1.29 is 14.5 Å². The molecule has 1 aliphatic rings. The molecule has 9 nitrogen and oxygen atoms in total. The predicted molar refractivity (Wildman–Crippen MR) is 56.0 cm³/mol. The molecule has 0 atom stereocenters. The van der Waals surface area contributed by atoms with Gasteiger partial charge in [-0.05, 0) is 11.6 Å². The van der Waals surface area contributed by atoms with Gasteiger partial charge < -0.3 is 10.1 Å². The Hall–Kier alpha value is -2.80. The van der Waals surface area contributed by atoms with Gasteiger partial charge in [-0.15, -0.1) is 0 Å². The molecule has 17 heavy (non-hydrogen) atoms. The fourth-order valence-corrected chi connectivity index (χ4v) is 1.38. The van der Waals surface area contributed by atoms with Crippen LogP contribution in [0.1, 0.15) is 0 Å². The van der Waals surface area contributed by atoms with E-state index in [1.165, 1.54) is 6.07 Å². The van der Waals surface area contributed by atoms with Gasteiger partial charge in [0.2, 0.25) is 0 Å². The first-order valence-corrected chi connectivity index (χ1v) is 4.42. The molecule has 0 radical (unpaired) electrons. The van der Waals surface area contributed by atoms with E-state index in [2.05, 4.69) is 15.3 Å². The number of anilines is 1. The quantitative estimate of drug-likeness (QED) is 0.275. The number of ether oxygens (including phenoxy) is 1. The summed E-state index contributed by atoms with van der Waals surface area (Å²) < 4.78 is 5.01.